The molecule has 0 saturated heterocycles. The molecule has 0 fully saturated rings. The third kappa shape index (κ3) is 3.99. The first-order valence-electron chi connectivity index (χ1n) is 7.51. The van der Waals surface area contributed by atoms with Crippen molar-refractivity contribution in [2.75, 3.05) is 5.43 Å². The molecule has 0 aliphatic rings. The summed E-state index contributed by atoms with van der Waals surface area (Å²) >= 11 is 12.3. The molecule has 0 spiro atoms. The molecule has 128 valence electrons. The quantitative estimate of drug-likeness (QED) is 0.669. The number of para-hydroxylation sites is 1. The van der Waals surface area contributed by atoms with Crippen LogP contribution in [0.4, 0.5) is 5.95 Å². The molecule has 3 rings (SSSR count). The fourth-order valence-electron chi connectivity index (χ4n) is 2.34. The Hall–Kier alpha value is -2.41. The van der Waals surface area contributed by atoms with Gasteiger partial charge in [-0.3, -0.25) is 5.43 Å². The number of aromatic nitrogens is 3. The van der Waals surface area contributed by atoms with Crippen LogP contribution in [-0.4, -0.2) is 14.5 Å². The van der Waals surface area contributed by atoms with E-state index in [0.717, 1.165) is 5.56 Å². The van der Waals surface area contributed by atoms with Gasteiger partial charge in [-0.15, -0.1) is 0 Å². The summed E-state index contributed by atoms with van der Waals surface area (Å²) in [4.78, 5) is 20.6. The highest BCUT2D eigenvalue weighted by Gasteiger charge is 2.14. The van der Waals surface area contributed by atoms with Gasteiger partial charge in [0.05, 0.1) is 15.7 Å². The molecule has 0 amide bonds. The highest BCUT2D eigenvalue weighted by atomic mass is 35.5. The van der Waals surface area contributed by atoms with Gasteiger partial charge in [0, 0.05) is 6.54 Å². The van der Waals surface area contributed by atoms with E-state index in [1.807, 2.05) is 30.3 Å². The molecule has 2 N–H and O–H groups in total. The lowest BCUT2D eigenvalue weighted by Gasteiger charge is -2.13. The smallest absolute Gasteiger partial charge is 0.289 e. The summed E-state index contributed by atoms with van der Waals surface area (Å²) in [5.74, 6) is 0.594. The summed E-state index contributed by atoms with van der Waals surface area (Å²) in [6.07, 6.45) is 0. The summed E-state index contributed by atoms with van der Waals surface area (Å²) in [5.41, 5.74) is 6.75. The summed E-state index contributed by atoms with van der Waals surface area (Å²) in [7, 11) is 0. The predicted molar refractivity (Wildman–Crippen MR) is 99.3 cm³/mol. The Morgan fingerprint density at radius 2 is 1.68 bits per heavy atom. The molecule has 0 bridgehead atoms. The molecule has 0 saturated carbocycles. The first-order chi connectivity index (χ1) is 12.1. The molecule has 6 nitrogen and oxygen atoms in total. The summed E-state index contributed by atoms with van der Waals surface area (Å²) in [6, 6.07) is 14.8. The Balaban J connectivity index is 1.82. The molecule has 2 aromatic carbocycles. The van der Waals surface area contributed by atoms with E-state index in [1.165, 1.54) is 4.57 Å². The second-order valence-corrected chi connectivity index (χ2v) is 6.06. The van der Waals surface area contributed by atoms with Gasteiger partial charge in [-0.25, -0.2) is 14.8 Å². The second kappa shape index (κ2) is 7.65. The van der Waals surface area contributed by atoms with E-state index in [2.05, 4.69) is 20.8 Å². The summed E-state index contributed by atoms with van der Waals surface area (Å²) < 4.78 is 1.28. The van der Waals surface area contributed by atoms with Crippen LogP contribution in [-0.2, 0) is 6.54 Å². The van der Waals surface area contributed by atoms with Gasteiger partial charge in [0.15, 0.2) is 0 Å². The number of nitrogens with zero attached hydrogens (tertiary/aromatic N) is 3. The van der Waals surface area contributed by atoms with Crippen molar-refractivity contribution in [3.05, 3.63) is 80.4 Å². The van der Waals surface area contributed by atoms with Crippen LogP contribution in [0.25, 0.3) is 5.69 Å². The first kappa shape index (κ1) is 17.4. The maximum Gasteiger partial charge on any atom is 0.357 e. The zero-order chi connectivity index (χ0) is 17.8. The molecule has 0 aliphatic heterocycles. The number of anilines is 1. The van der Waals surface area contributed by atoms with Gasteiger partial charge in [-0.1, -0.05) is 59.6 Å². The molecular formula is C17H15Cl2N5O. The van der Waals surface area contributed by atoms with Gasteiger partial charge < -0.3 is 0 Å². The zero-order valence-corrected chi connectivity index (χ0v) is 14.8. The van der Waals surface area contributed by atoms with Crippen molar-refractivity contribution in [3.8, 4) is 5.69 Å². The highest BCUT2D eigenvalue weighted by Crippen LogP contribution is 2.27. The number of hydrogen-bond donors (Lipinski definition) is 2. The topological polar surface area (TPSA) is 71.8 Å². The monoisotopic (exact) mass is 375 g/mol. The minimum atomic E-state index is -0.522. The molecule has 0 unspecified atom stereocenters. The molecule has 25 heavy (non-hydrogen) atoms. The average Bonchev–Trinajstić information content (AvgIpc) is 2.58. The van der Waals surface area contributed by atoms with Crippen LogP contribution in [0.5, 0.6) is 0 Å². The maximum atomic E-state index is 12.4. The van der Waals surface area contributed by atoms with Crippen molar-refractivity contribution < 1.29 is 0 Å². The van der Waals surface area contributed by atoms with E-state index < -0.39 is 5.69 Å². The summed E-state index contributed by atoms with van der Waals surface area (Å²) in [5, 5.41) is 0.702. The van der Waals surface area contributed by atoms with E-state index in [0.29, 0.717) is 28.1 Å². The fourth-order valence-corrected chi connectivity index (χ4v) is 2.91. The maximum absolute atomic E-state index is 12.4. The van der Waals surface area contributed by atoms with E-state index in [4.69, 9.17) is 23.2 Å². The first-order valence-corrected chi connectivity index (χ1v) is 8.27. The Bertz CT molecular complexity index is 923. The SMILES string of the molecule is Cc1nc(NNCc2ccccc2)nc(=O)n1-c1c(Cl)cccc1Cl. The standard InChI is InChI=1S/C17H15Cl2N5O/c1-11-21-16(23-20-10-12-6-3-2-4-7-12)22-17(25)24(11)15-13(18)8-5-9-14(15)19/h2-9,20H,10H2,1H3,(H,22,23,25). The largest absolute Gasteiger partial charge is 0.357 e. The van der Waals surface area contributed by atoms with Gasteiger partial charge >= 0.3 is 5.69 Å². The third-order valence-corrected chi connectivity index (χ3v) is 4.09. The minimum Gasteiger partial charge on any atom is -0.289 e. The molecular weight excluding hydrogens is 361 g/mol. The van der Waals surface area contributed by atoms with Crippen molar-refractivity contribution in [2.24, 2.45) is 0 Å². The van der Waals surface area contributed by atoms with E-state index in [1.54, 1.807) is 25.1 Å². The average molecular weight is 376 g/mol. The summed E-state index contributed by atoms with van der Waals surface area (Å²) in [6.45, 7) is 2.24. The van der Waals surface area contributed by atoms with Crippen LogP contribution in [0.3, 0.4) is 0 Å². The molecule has 1 aromatic heterocycles. The number of hydrazine groups is 1. The number of rotatable bonds is 5. The number of halogens is 2. The van der Waals surface area contributed by atoms with Gasteiger partial charge in [0.2, 0.25) is 5.95 Å². The Morgan fingerprint density at radius 1 is 1.00 bits per heavy atom. The normalized spacial score (nSPS) is 10.7. The van der Waals surface area contributed by atoms with Gasteiger partial charge in [0.25, 0.3) is 0 Å². The Kier molecular flexibility index (Phi) is 5.33. The number of benzene rings is 2. The van der Waals surface area contributed by atoms with E-state index in [-0.39, 0.29) is 5.95 Å². The lowest BCUT2D eigenvalue weighted by atomic mass is 10.2. The number of aryl methyl sites for hydroxylation is 1. The Labute approximate surface area is 154 Å². The van der Waals surface area contributed by atoms with Crippen molar-refractivity contribution in [3.63, 3.8) is 0 Å². The molecule has 8 heteroatoms. The van der Waals surface area contributed by atoms with Crippen molar-refractivity contribution >= 4 is 29.2 Å². The van der Waals surface area contributed by atoms with Crippen molar-refractivity contribution in [2.45, 2.75) is 13.5 Å². The van der Waals surface area contributed by atoms with E-state index >= 15 is 0 Å². The molecule has 0 aliphatic carbocycles. The lowest BCUT2D eigenvalue weighted by Crippen LogP contribution is -2.30. The van der Waals surface area contributed by atoms with Crippen molar-refractivity contribution in [1.29, 1.82) is 0 Å². The molecule has 1 heterocycles. The van der Waals surface area contributed by atoms with Crippen LogP contribution in [0, 0.1) is 6.92 Å². The Morgan fingerprint density at radius 3 is 2.32 bits per heavy atom. The van der Waals surface area contributed by atoms with Gasteiger partial charge in [-0.2, -0.15) is 9.97 Å². The second-order valence-electron chi connectivity index (χ2n) is 5.25. The molecule has 0 radical (unpaired) electrons. The van der Waals surface area contributed by atoms with Crippen LogP contribution in [0.1, 0.15) is 11.4 Å². The zero-order valence-electron chi connectivity index (χ0n) is 13.3. The van der Waals surface area contributed by atoms with Gasteiger partial charge in [-0.05, 0) is 24.6 Å². The third-order valence-electron chi connectivity index (χ3n) is 3.48. The van der Waals surface area contributed by atoms with Crippen molar-refractivity contribution in [1.82, 2.24) is 20.0 Å². The van der Waals surface area contributed by atoms with Crippen LogP contribution >= 0.6 is 23.2 Å². The molecule has 0 atom stereocenters. The number of nitrogens with one attached hydrogen (secondary N) is 2. The number of hydrogen-bond acceptors (Lipinski definition) is 5. The highest BCUT2D eigenvalue weighted by molar-refractivity contribution is 6.37. The minimum absolute atomic E-state index is 0.179. The molecule has 3 aromatic rings. The van der Waals surface area contributed by atoms with Crippen LogP contribution in [0.15, 0.2) is 53.3 Å². The van der Waals surface area contributed by atoms with Crippen LogP contribution < -0.4 is 16.5 Å². The fraction of sp³-hybridized carbons (Fsp3) is 0.118. The van der Waals surface area contributed by atoms with Gasteiger partial charge in [0.1, 0.15) is 5.82 Å². The predicted octanol–water partition coefficient (Wildman–Crippen LogP) is 3.36. The lowest BCUT2D eigenvalue weighted by molar-refractivity contribution is 0.753. The van der Waals surface area contributed by atoms with E-state index in [9.17, 15) is 4.79 Å². The van der Waals surface area contributed by atoms with Crippen LogP contribution in [0.2, 0.25) is 10.0 Å².